The van der Waals surface area contributed by atoms with Gasteiger partial charge in [-0.1, -0.05) is 30.3 Å². The van der Waals surface area contributed by atoms with Crippen molar-refractivity contribution in [3.05, 3.63) is 59.7 Å². The highest BCUT2D eigenvalue weighted by Crippen LogP contribution is 2.34. The van der Waals surface area contributed by atoms with Gasteiger partial charge >= 0.3 is 0 Å². The minimum atomic E-state index is 0.0259. The van der Waals surface area contributed by atoms with Gasteiger partial charge in [0, 0.05) is 11.5 Å². The summed E-state index contributed by atoms with van der Waals surface area (Å²) in [5.74, 6) is 1.93. The zero-order chi connectivity index (χ0) is 14.7. The number of nitrogens with two attached hydrogens (primary N) is 1. The number of ether oxygens (including phenoxy) is 2. The summed E-state index contributed by atoms with van der Waals surface area (Å²) < 4.78 is 11.6. The Kier molecular flexibility index (Phi) is 3.77. The van der Waals surface area contributed by atoms with Crippen LogP contribution >= 0.6 is 0 Å². The van der Waals surface area contributed by atoms with E-state index in [2.05, 4.69) is 6.07 Å². The van der Waals surface area contributed by atoms with Crippen LogP contribution in [0.15, 0.2) is 48.5 Å². The van der Waals surface area contributed by atoms with Crippen LogP contribution < -0.4 is 15.2 Å². The van der Waals surface area contributed by atoms with Crippen LogP contribution in [-0.2, 0) is 0 Å². The van der Waals surface area contributed by atoms with E-state index in [9.17, 15) is 0 Å². The predicted molar refractivity (Wildman–Crippen MR) is 82.2 cm³/mol. The largest absolute Gasteiger partial charge is 0.493 e. The number of amidine groups is 1. The van der Waals surface area contributed by atoms with Crippen LogP contribution in [0.25, 0.3) is 0 Å². The lowest BCUT2D eigenvalue weighted by Crippen LogP contribution is -2.20. The first-order chi connectivity index (χ1) is 10.3. The average molecular weight is 282 g/mol. The Morgan fingerprint density at radius 1 is 1.19 bits per heavy atom. The molecule has 1 unspecified atom stereocenters. The molecule has 2 aromatic rings. The van der Waals surface area contributed by atoms with Crippen LogP contribution in [-0.4, -0.2) is 19.0 Å². The van der Waals surface area contributed by atoms with Crippen molar-refractivity contribution in [1.82, 2.24) is 0 Å². The lowest BCUT2D eigenvalue weighted by molar-refractivity contribution is 0.217. The van der Waals surface area contributed by atoms with Crippen LogP contribution in [0.1, 0.15) is 23.5 Å². The van der Waals surface area contributed by atoms with E-state index >= 15 is 0 Å². The first-order valence-electron chi connectivity index (χ1n) is 7.03. The standard InChI is InChI=1S/C17H18N2O2/c18-17(19)14-6-2-4-8-16(14)21-11-12-9-10-20-15-7-3-1-5-13(12)15/h1-8,12H,9-11H2,(H3,18,19). The quantitative estimate of drug-likeness (QED) is 0.669. The Morgan fingerprint density at radius 2 is 1.95 bits per heavy atom. The summed E-state index contributed by atoms with van der Waals surface area (Å²) in [7, 11) is 0. The van der Waals surface area contributed by atoms with Crippen LogP contribution in [0, 0.1) is 5.41 Å². The van der Waals surface area contributed by atoms with Gasteiger partial charge in [-0.05, 0) is 24.6 Å². The number of fused-ring (bicyclic) bond motifs is 1. The molecule has 0 saturated carbocycles. The van der Waals surface area contributed by atoms with Gasteiger partial charge in [-0.25, -0.2) is 0 Å². The smallest absolute Gasteiger partial charge is 0.130 e. The highest BCUT2D eigenvalue weighted by Gasteiger charge is 2.22. The van der Waals surface area contributed by atoms with E-state index in [1.54, 1.807) is 6.07 Å². The van der Waals surface area contributed by atoms with Crippen molar-refractivity contribution in [3.8, 4) is 11.5 Å². The average Bonchev–Trinajstić information content (AvgIpc) is 2.53. The molecule has 1 aliphatic rings. The molecule has 0 saturated heterocycles. The normalized spacial score (nSPS) is 16.7. The number of rotatable bonds is 4. The van der Waals surface area contributed by atoms with Crippen molar-refractivity contribution in [2.75, 3.05) is 13.2 Å². The maximum absolute atomic E-state index is 7.59. The zero-order valence-corrected chi connectivity index (χ0v) is 11.7. The molecule has 108 valence electrons. The highest BCUT2D eigenvalue weighted by atomic mass is 16.5. The van der Waals surface area contributed by atoms with Crippen LogP contribution in [0.4, 0.5) is 0 Å². The van der Waals surface area contributed by atoms with E-state index in [-0.39, 0.29) is 5.84 Å². The van der Waals surface area contributed by atoms with Gasteiger partial charge in [-0.3, -0.25) is 5.41 Å². The van der Waals surface area contributed by atoms with Crippen LogP contribution in [0.2, 0.25) is 0 Å². The fourth-order valence-electron chi connectivity index (χ4n) is 2.59. The third-order valence-corrected chi connectivity index (χ3v) is 3.70. The minimum Gasteiger partial charge on any atom is -0.493 e. The molecule has 4 heteroatoms. The van der Waals surface area contributed by atoms with Gasteiger partial charge in [0.05, 0.1) is 18.8 Å². The molecule has 1 atom stereocenters. The lowest BCUT2D eigenvalue weighted by atomic mass is 9.94. The van der Waals surface area contributed by atoms with E-state index in [1.807, 2.05) is 36.4 Å². The zero-order valence-electron chi connectivity index (χ0n) is 11.7. The fraction of sp³-hybridized carbons (Fsp3) is 0.235. The second-order valence-corrected chi connectivity index (χ2v) is 5.09. The van der Waals surface area contributed by atoms with Crippen molar-refractivity contribution < 1.29 is 9.47 Å². The summed E-state index contributed by atoms with van der Waals surface area (Å²) in [6.45, 7) is 1.27. The van der Waals surface area contributed by atoms with Crippen molar-refractivity contribution >= 4 is 5.84 Å². The summed E-state index contributed by atoms with van der Waals surface area (Å²) in [5.41, 5.74) is 7.40. The number of nitrogen functional groups attached to an aromatic ring is 1. The second-order valence-electron chi connectivity index (χ2n) is 5.09. The number of hydrogen-bond donors (Lipinski definition) is 2. The Hall–Kier alpha value is -2.49. The third kappa shape index (κ3) is 2.84. The van der Waals surface area contributed by atoms with Crippen molar-refractivity contribution in [2.45, 2.75) is 12.3 Å². The van der Waals surface area contributed by atoms with Crippen molar-refractivity contribution in [3.63, 3.8) is 0 Å². The van der Waals surface area contributed by atoms with Gasteiger partial charge in [0.25, 0.3) is 0 Å². The number of benzene rings is 2. The molecule has 0 amide bonds. The molecule has 0 fully saturated rings. The molecule has 3 N–H and O–H groups in total. The number of nitrogens with one attached hydrogen (secondary N) is 1. The fourth-order valence-corrected chi connectivity index (χ4v) is 2.59. The van der Waals surface area contributed by atoms with E-state index in [0.29, 0.717) is 30.4 Å². The third-order valence-electron chi connectivity index (χ3n) is 3.70. The Labute approximate surface area is 124 Å². The SMILES string of the molecule is N=C(N)c1ccccc1OCC1CCOc2ccccc21. The minimum absolute atomic E-state index is 0.0259. The first kappa shape index (κ1) is 13.5. The Bertz CT molecular complexity index is 655. The van der Waals surface area contributed by atoms with E-state index in [1.165, 1.54) is 5.56 Å². The predicted octanol–water partition coefficient (Wildman–Crippen LogP) is 2.92. The van der Waals surface area contributed by atoms with Crippen molar-refractivity contribution in [1.29, 1.82) is 5.41 Å². The van der Waals surface area contributed by atoms with E-state index < -0.39 is 0 Å². The lowest BCUT2D eigenvalue weighted by Gasteiger charge is -2.26. The molecular formula is C17H18N2O2. The van der Waals surface area contributed by atoms with Crippen LogP contribution in [0.3, 0.4) is 0 Å². The molecular weight excluding hydrogens is 264 g/mol. The van der Waals surface area contributed by atoms with Crippen LogP contribution in [0.5, 0.6) is 11.5 Å². The molecule has 0 aliphatic carbocycles. The van der Waals surface area contributed by atoms with E-state index in [0.717, 1.165) is 12.2 Å². The topological polar surface area (TPSA) is 68.3 Å². The highest BCUT2D eigenvalue weighted by molar-refractivity contribution is 5.97. The van der Waals surface area contributed by atoms with E-state index in [4.69, 9.17) is 20.6 Å². The summed E-state index contributed by atoms with van der Waals surface area (Å²) in [5, 5.41) is 7.59. The molecule has 0 aromatic heterocycles. The molecule has 0 radical (unpaired) electrons. The molecule has 0 bridgehead atoms. The second kappa shape index (κ2) is 5.87. The maximum atomic E-state index is 7.59. The van der Waals surface area contributed by atoms with Gasteiger partial charge in [-0.15, -0.1) is 0 Å². The molecule has 1 heterocycles. The Balaban J connectivity index is 1.76. The molecule has 0 spiro atoms. The van der Waals surface area contributed by atoms with Gasteiger partial charge < -0.3 is 15.2 Å². The summed E-state index contributed by atoms with van der Waals surface area (Å²) in [4.78, 5) is 0. The molecule has 3 rings (SSSR count). The summed E-state index contributed by atoms with van der Waals surface area (Å²) >= 11 is 0. The molecule has 4 nitrogen and oxygen atoms in total. The maximum Gasteiger partial charge on any atom is 0.130 e. The van der Waals surface area contributed by atoms with Gasteiger partial charge in [0.1, 0.15) is 17.3 Å². The van der Waals surface area contributed by atoms with Gasteiger partial charge in [0.2, 0.25) is 0 Å². The van der Waals surface area contributed by atoms with Gasteiger partial charge in [0.15, 0.2) is 0 Å². The Morgan fingerprint density at radius 3 is 2.81 bits per heavy atom. The number of hydrogen-bond acceptors (Lipinski definition) is 3. The molecule has 1 aliphatic heterocycles. The molecule has 21 heavy (non-hydrogen) atoms. The summed E-state index contributed by atoms with van der Waals surface area (Å²) in [6.07, 6.45) is 0.930. The van der Waals surface area contributed by atoms with Gasteiger partial charge in [-0.2, -0.15) is 0 Å². The summed E-state index contributed by atoms with van der Waals surface area (Å²) in [6, 6.07) is 15.5. The number of para-hydroxylation sites is 2. The first-order valence-corrected chi connectivity index (χ1v) is 7.03. The monoisotopic (exact) mass is 282 g/mol. The van der Waals surface area contributed by atoms with Crippen molar-refractivity contribution in [2.24, 2.45) is 5.73 Å². The molecule has 2 aromatic carbocycles.